The Morgan fingerprint density at radius 2 is 1.70 bits per heavy atom. The van der Waals surface area contributed by atoms with Crippen molar-refractivity contribution in [2.75, 3.05) is 39.9 Å². The average molecular weight is 385 g/mol. The molecule has 0 aromatic rings. The third-order valence-corrected chi connectivity index (χ3v) is 4.49. The molecule has 1 fully saturated rings. The number of aliphatic imine (C=N–C) groups is 1. The van der Waals surface area contributed by atoms with Gasteiger partial charge in [0.25, 0.3) is 0 Å². The van der Waals surface area contributed by atoms with Gasteiger partial charge in [0.2, 0.25) is 0 Å². The first kappa shape index (κ1) is 23.0. The highest BCUT2D eigenvalue weighted by atomic mass is 16.6. The summed E-state index contributed by atoms with van der Waals surface area (Å²) < 4.78 is 9.96. The third-order valence-electron chi connectivity index (χ3n) is 4.49. The van der Waals surface area contributed by atoms with E-state index in [0.717, 1.165) is 51.0 Å². The zero-order chi connectivity index (χ0) is 19.9. The van der Waals surface area contributed by atoms with Crippen LogP contribution in [0.4, 0.5) is 4.79 Å². The molecule has 1 saturated heterocycles. The summed E-state index contributed by atoms with van der Waals surface area (Å²) in [5.41, 5.74) is 0. The number of rotatable bonds is 10. The van der Waals surface area contributed by atoms with Crippen LogP contribution in [0.1, 0.15) is 58.8 Å². The van der Waals surface area contributed by atoms with Gasteiger partial charge in [0.15, 0.2) is 5.96 Å². The maximum absolute atomic E-state index is 11.7. The highest BCUT2D eigenvalue weighted by molar-refractivity contribution is 5.80. The van der Waals surface area contributed by atoms with Crippen LogP contribution >= 0.6 is 0 Å². The van der Waals surface area contributed by atoms with Gasteiger partial charge in [0, 0.05) is 39.1 Å². The van der Waals surface area contributed by atoms with Crippen LogP contribution in [-0.4, -0.2) is 68.9 Å². The molecule has 1 rings (SSSR count). The molecule has 1 heterocycles. The Morgan fingerprint density at radius 3 is 2.33 bits per heavy atom. The van der Waals surface area contributed by atoms with E-state index in [1.807, 2.05) is 13.8 Å². The zero-order valence-electron chi connectivity index (χ0n) is 17.1. The molecule has 27 heavy (non-hydrogen) atoms. The standard InChI is InChI=1S/C19H36N4O4/c1-4-26-17(24)10-8-6-7-9-13-21-18(20-3)22-16-11-14-23(15-12-16)19(25)27-5-2/h16H,4-15H2,1-3H3,(H2,20,21,22). The van der Waals surface area contributed by atoms with Gasteiger partial charge in [0.05, 0.1) is 13.2 Å². The van der Waals surface area contributed by atoms with Crippen molar-refractivity contribution < 1.29 is 19.1 Å². The van der Waals surface area contributed by atoms with E-state index in [0.29, 0.717) is 38.8 Å². The fourth-order valence-corrected chi connectivity index (χ4v) is 3.00. The van der Waals surface area contributed by atoms with E-state index in [9.17, 15) is 9.59 Å². The van der Waals surface area contributed by atoms with Crippen LogP contribution in [0.5, 0.6) is 0 Å². The van der Waals surface area contributed by atoms with E-state index in [1.165, 1.54) is 0 Å². The van der Waals surface area contributed by atoms with Crippen LogP contribution in [-0.2, 0) is 14.3 Å². The molecule has 1 amide bonds. The number of guanidine groups is 1. The van der Waals surface area contributed by atoms with Crippen molar-refractivity contribution in [3.8, 4) is 0 Å². The van der Waals surface area contributed by atoms with Crippen LogP contribution in [0.3, 0.4) is 0 Å². The molecule has 1 aliphatic heterocycles. The van der Waals surface area contributed by atoms with E-state index in [2.05, 4.69) is 15.6 Å². The number of amides is 1. The number of hydrogen-bond donors (Lipinski definition) is 2. The normalized spacial score (nSPS) is 15.4. The van der Waals surface area contributed by atoms with Gasteiger partial charge < -0.3 is 25.0 Å². The fraction of sp³-hybridized carbons (Fsp3) is 0.842. The molecule has 0 radical (unpaired) electrons. The predicted molar refractivity (Wildman–Crippen MR) is 106 cm³/mol. The van der Waals surface area contributed by atoms with E-state index in [-0.39, 0.29) is 12.1 Å². The molecule has 8 heteroatoms. The smallest absolute Gasteiger partial charge is 0.409 e. The van der Waals surface area contributed by atoms with Crippen molar-refractivity contribution in [3.05, 3.63) is 0 Å². The monoisotopic (exact) mass is 384 g/mol. The molecular formula is C19H36N4O4. The Hall–Kier alpha value is -1.99. The molecule has 1 aliphatic rings. The van der Waals surface area contributed by atoms with Crippen molar-refractivity contribution in [1.82, 2.24) is 15.5 Å². The molecular weight excluding hydrogens is 348 g/mol. The summed E-state index contributed by atoms with van der Waals surface area (Å²) in [6.45, 7) is 6.77. The SMILES string of the molecule is CCOC(=O)CCCCCCNC(=NC)NC1CCN(C(=O)OCC)CC1. The number of piperidine rings is 1. The lowest BCUT2D eigenvalue weighted by molar-refractivity contribution is -0.143. The van der Waals surface area contributed by atoms with Gasteiger partial charge in [-0.1, -0.05) is 12.8 Å². The molecule has 0 atom stereocenters. The summed E-state index contributed by atoms with van der Waals surface area (Å²) in [5, 5.41) is 6.76. The molecule has 0 unspecified atom stereocenters. The van der Waals surface area contributed by atoms with Crippen LogP contribution in [0, 0.1) is 0 Å². The second kappa shape index (κ2) is 14.1. The summed E-state index contributed by atoms with van der Waals surface area (Å²) in [5.74, 6) is 0.699. The molecule has 0 spiro atoms. The predicted octanol–water partition coefficient (Wildman–Crippen LogP) is 2.29. The first-order valence-electron chi connectivity index (χ1n) is 10.1. The van der Waals surface area contributed by atoms with Gasteiger partial charge in [-0.2, -0.15) is 0 Å². The number of unbranched alkanes of at least 4 members (excludes halogenated alkanes) is 3. The van der Waals surface area contributed by atoms with Crippen molar-refractivity contribution >= 4 is 18.0 Å². The Morgan fingerprint density at radius 1 is 1.04 bits per heavy atom. The fourth-order valence-electron chi connectivity index (χ4n) is 3.00. The van der Waals surface area contributed by atoms with Gasteiger partial charge in [0.1, 0.15) is 0 Å². The Bertz CT molecular complexity index is 463. The number of esters is 1. The molecule has 0 aromatic carbocycles. The highest BCUT2D eigenvalue weighted by Crippen LogP contribution is 2.11. The van der Waals surface area contributed by atoms with Crippen molar-refractivity contribution in [2.45, 2.75) is 64.8 Å². The van der Waals surface area contributed by atoms with E-state index in [4.69, 9.17) is 9.47 Å². The van der Waals surface area contributed by atoms with Gasteiger partial charge in [-0.25, -0.2) is 4.79 Å². The lowest BCUT2D eigenvalue weighted by Crippen LogP contribution is -2.50. The maximum atomic E-state index is 11.7. The Labute approximate surface area is 163 Å². The second-order valence-electron chi connectivity index (χ2n) is 6.57. The zero-order valence-corrected chi connectivity index (χ0v) is 17.1. The van der Waals surface area contributed by atoms with Crippen LogP contribution in [0.2, 0.25) is 0 Å². The maximum Gasteiger partial charge on any atom is 0.409 e. The minimum Gasteiger partial charge on any atom is -0.466 e. The number of likely N-dealkylation sites (tertiary alicyclic amines) is 1. The highest BCUT2D eigenvalue weighted by Gasteiger charge is 2.23. The van der Waals surface area contributed by atoms with E-state index >= 15 is 0 Å². The summed E-state index contributed by atoms with van der Waals surface area (Å²) in [4.78, 5) is 29.0. The van der Waals surface area contributed by atoms with Crippen molar-refractivity contribution in [2.24, 2.45) is 4.99 Å². The summed E-state index contributed by atoms with van der Waals surface area (Å²) >= 11 is 0. The van der Waals surface area contributed by atoms with Crippen molar-refractivity contribution in [3.63, 3.8) is 0 Å². The van der Waals surface area contributed by atoms with Crippen LogP contribution < -0.4 is 10.6 Å². The van der Waals surface area contributed by atoms with Crippen LogP contribution in [0.25, 0.3) is 0 Å². The molecule has 0 aromatic heterocycles. The van der Waals surface area contributed by atoms with Gasteiger partial charge >= 0.3 is 12.1 Å². The number of carbonyl (C=O) groups is 2. The summed E-state index contributed by atoms with van der Waals surface area (Å²) in [6.07, 6.45) is 6.06. The van der Waals surface area contributed by atoms with E-state index in [1.54, 1.807) is 11.9 Å². The molecule has 0 bridgehead atoms. The summed E-state index contributed by atoms with van der Waals surface area (Å²) in [6, 6.07) is 0.312. The molecule has 0 saturated carbocycles. The number of ether oxygens (including phenoxy) is 2. The van der Waals surface area contributed by atoms with Crippen LogP contribution in [0.15, 0.2) is 4.99 Å². The number of hydrogen-bond acceptors (Lipinski definition) is 5. The van der Waals surface area contributed by atoms with Gasteiger partial charge in [-0.15, -0.1) is 0 Å². The first-order valence-corrected chi connectivity index (χ1v) is 10.1. The molecule has 0 aliphatic carbocycles. The number of carbonyl (C=O) groups excluding carboxylic acids is 2. The van der Waals surface area contributed by atoms with Crippen molar-refractivity contribution in [1.29, 1.82) is 0 Å². The number of nitrogens with zero attached hydrogens (tertiary/aromatic N) is 2. The molecule has 8 nitrogen and oxygen atoms in total. The summed E-state index contributed by atoms with van der Waals surface area (Å²) in [7, 11) is 1.77. The minimum absolute atomic E-state index is 0.103. The Kier molecular flexibility index (Phi) is 12.1. The second-order valence-corrected chi connectivity index (χ2v) is 6.57. The lowest BCUT2D eigenvalue weighted by atomic mass is 10.1. The molecule has 156 valence electrons. The largest absolute Gasteiger partial charge is 0.466 e. The third kappa shape index (κ3) is 10.1. The Balaban J connectivity index is 2.10. The average Bonchev–Trinajstić information content (AvgIpc) is 2.67. The quantitative estimate of drug-likeness (QED) is 0.260. The van der Waals surface area contributed by atoms with Gasteiger partial charge in [-0.3, -0.25) is 9.79 Å². The molecule has 2 N–H and O–H groups in total. The lowest BCUT2D eigenvalue weighted by Gasteiger charge is -2.32. The topological polar surface area (TPSA) is 92.3 Å². The van der Waals surface area contributed by atoms with E-state index < -0.39 is 0 Å². The van der Waals surface area contributed by atoms with Gasteiger partial charge in [-0.05, 0) is 39.5 Å². The first-order chi connectivity index (χ1) is 13.1. The number of nitrogens with one attached hydrogen (secondary N) is 2. The minimum atomic E-state index is -0.221.